The van der Waals surface area contributed by atoms with Crippen molar-refractivity contribution in [2.45, 2.75) is 42.9 Å². The van der Waals surface area contributed by atoms with Crippen LogP contribution in [-0.2, 0) is 11.7 Å². The molecule has 2 aromatic heterocycles. The molecule has 1 aliphatic carbocycles. The first kappa shape index (κ1) is 20.1. The van der Waals surface area contributed by atoms with E-state index in [0.717, 1.165) is 38.1 Å². The standard InChI is InChI=1S/C19H22F3N5OS/c1-26(2)18(14-4-3-9-29-14)7-5-17(6-8-18)12-27(16(28)25-17)13-10-23-15(24-11-13)19(20,21)22/h3-4,9-11H,5-8,12H2,1-2H3,(H,25,28)/t17-,18-. The maximum Gasteiger partial charge on any atom is 0.451 e. The molecule has 0 aromatic carbocycles. The van der Waals surface area contributed by atoms with Gasteiger partial charge in [-0.3, -0.25) is 9.80 Å². The molecule has 2 fully saturated rings. The summed E-state index contributed by atoms with van der Waals surface area (Å²) in [4.78, 5) is 24.3. The van der Waals surface area contributed by atoms with Gasteiger partial charge in [0, 0.05) is 4.88 Å². The number of amides is 2. The second-order valence-corrected chi connectivity index (χ2v) is 8.91. The van der Waals surface area contributed by atoms with E-state index in [-0.39, 0.29) is 17.3 Å². The molecule has 2 amide bonds. The van der Waals surface area contributed by atoms with E-state index in [4.69, 9.17) is 0 Å². The lowest BCUT2D eigenvalue weighted by Gasteiger charge is -2.47. The van der Waals surface area contributed by atoms with Crippen LogP contribution in [-0.4, -0.2) is 47.1 Å². The van der Waals surface area contributed by atoms with Crippen LogP contribution in [0.5, 0.6) is 0 Å². The molecular weight excluding hydrogens is 403 g/mol. The largest absolute Gasteiger partial charge is 0.451 e. The SMILES string of the molecule is CN(C)[C@]1(c2cccs2)CC[C@@]2(CC1)CN(c1cnc(C(F)(F)F)nc1)C(=O)N2. The van der Waals surface area contributed by atoms with E-state index in [9.17, 15) is 18.0 Å². The van der Waals surface area contributed by atoms with Crippen molar-refractivity contribution >= 4 is 23.1 Å². The lowest BCUT2D eigenvalue weighted by molar-refractivity contribution is -0.144. The first-order valence-corrected chi connectivity index (χ1v) is 10.2. The van der Waals surface area contributed by atoms with Gasteiger partial charge in [-0.05, 0) is 51.2 Å². The number of alkyl halides is 3. The third-order valence-electron chi connectivity index (χ3n) is 6.15. The van der Waals surface area contributed by atoms with Crippen LogP contribution < -0.4 is 10.2 Å². The van der Waals surface area contributed by atoms with Gasteiger partial charge >= 0.3 is 12.2 Å². The van der Waals surface area contributed by atoms with Crippen molar-refractivity contribution in [2.24, 2.45) is 0 Å². The zero-order chi connectivity index (χ0) is 20.9. The summed E-state index contributed by atoms with van der Waals surface area (Å²) >= 11 is 1.74. The highest BCUT2D eigenvalue weighted by atomic mass is 32.1. The number of thiophene rings is 1. The third-order valence-corrected chi connectivity index (χ3v) is 7.21. The van der Waals surface area contributed by atoms with Gasteiger partial charge in [0.25, 0.3) is 0 Å². The minimum atomic E-state index is -4.60. The lowest BCUT2D eigenvalue weighted by atomic mass is 9.71. The summed E-state index contributed by atoms with van der Waals surface area (Å²) in [5.41, 5.74) is -0.180. The van der Waals surface area contributed by atoms with Crippen LogP contribution in [0.2, 0.25) is 0 Å². The summed E-state index contributed by atoms with van der Waals surface area (Å²) < 4.78 is 38.1. The van der Waals surface area contributed by atoms with E-state index < -0.39 is 17.5 Å². The van der Waals surface area contributed by atoms with Crippen molar-refractivity contribution in [1.29, 1.82) is 0 Å². The van der Waals surface area contributed by atoms with E-state index in [1.54, 1.807) is 11.3 Å². The summed E-state index contributed by atoms with van der Waals surface area (Å²) in [7, 11) is 4.16. The van der Waals surface area contributed by atoms with E-state index in [1.807, 2.05) is 0 Å². The fourth-order valence-electron chi connectivity index (χ4n) is 4.41. The van der Waals surface area contributed by atoms with Crippen molar-refractivity contribution in [3.8, 4) is 0 Å². The van der Waals surface area contributed by atoms with E-state index in [2.05, 4.69) is 51.8 Å². The Kier molecular flexibility index (Phi) is 4.81. The van der Waals surface area contributed by atoms with E-state index >= 15 is 0 Å². The first-order valence-electron chi connectivity index (χ1n) is 9.36. The molecule has 1 aliphatic heterocycles. The minimum Gasteiger partial charge on any atom is -0.330 e. The number of nitrogens with one attached hydrogen (secondary N) is 1. The topological polar surface area (TPSA) is 61.4 Å². The van der Waals surface area contributed by atoms with Crippen LogP contribution in [0, 0.1) is 0 Å². The Morgan fingerprint density at radius 1 is 1.17 bits per heavy atom. The summed E-state index contributed by atoms with van der Waals surface area (Å²) in [6.45, 7) is 0.397. The normalized spacial score (nSPS) is 27.7. The number of carbonyl (C=O) groups excluding carboxylic acids is 1. The second-order valence-electron chi connectivity index (χ2n) is 7.96. The van der Waals surface area contributed by atoms with Gasteiger partial charge in [-0.25, -0.2) is 14.8 Å². The molecule has 2 aliphatic rings. The molecule has 1 saturated heterocycles. The number of hydrogen-bond donors (Lipinski definition) is 1. The van der Waals surface area contributed by atoms with Crippen LogP contribution >= 0.6 is 11.3 Å². The molecule has 3 heterocycles. The molecule has 2 aromatic rings. The van der Waals surface area contributed by atoms with Gasteiger partial charge in [-0.1, -0.05) is 6.07 Å². The molecule has 1 N–H and O–H groups in total. The molecule has 0 bridgehead atoms. The highest BCUT2D eigenvalue weighted by Crippen LogP contribution is 2.47. The van der Waals surface area contributed by atoms with Gasteiger partial charge in [-0.15, -0.1) is 11.3 Å². The summed E-state index contributed by atoms with van der Waals surface area (Å²) in [5.74, 6) is -1.21. The predicted molar refractivity (Wildman–Crippen MR) is 104 cm³/mol. The Hall–Kier alpha value is -2.20. The Balaban J connectivity index is 1.51. The fourth-order valence-corrected chi connectivity index (χ4v) is 5.47. The second kappa shape index (κ2) is 6.94. The number of nitrogens with zero attached hydrogens (tertiary/aromatic N) is 4. The minimum absolute atomic E-state index is 0.0605. The highest BCUT2D eigenvalue weighted by molar-refractivity contribution is 7.10. The smallest absolute Gasteiger partial charge is 0.330 e. The number of hydrogen-bond acceptors (Lipinski definition) is 5. The number of halogens is 3. The Morgan fingerprint density at radius 2 is 1.83 bits per heavy atom. The van der Waals surface area contributed by atoms with Crippen LogP contribution in [0.1, 0.15) is 36.4 Å². The predicted octanol–water partition coefficient (Wildman–Crippen LogP) is 3.86. The molecule has 0 radical (unpaired) electrons. The fraction of sp³-hybridized carbons (Fsp3) is 0.526. The van der Waals surface area contributed by atoms with E-state index in [1.165, 1.54) is 9.78 Å². The van der Waals surface area contributed by atoms with Gasteiger partial charge < -0.3 is 5.32 Å². The molecule has 0 atom stereocenters. The summed E-state index contributed by atoms with van der Waals surface area (Å²) in [6.07, 6.45) is 0.865. The van der Waals surface area contributed by atoms with Gasteiger partial charge in [-0.2, -0.15) is 13.2 Å². The van der Waals surface area contributed by atoms with E-state index in [0.29, 0.717) is 6.54 Å². The number of rotatable bonds is 3. The zero-order valence-corrected chi connectivity index (χ0v) is 17.0. The van der Waals surface area contributed by atoms with Gasteiger partial charge in [0.05, 0.1) is 35.7 Å². The first-order chi connectivity index (χ1) is 13.7. The third kappa shape index (κ3) is 3.48. The Morgan fingerprint density at radius 3 is 2.34 bits per heavy atom. The van der Waals surface area contributed by atoms with Crippen LogP contribution in [0.25, 0.3) is 0 Å². The van der Waals surface area contributed by atoms with Crippen LogP contribution in [0.3, 0.4) is 0 Å². The van der Waals surface area contributed by atoms with Crippen LogP contribution in [0.4, 0.5) is 23.7 Å². The molecule has 0 unspecified atom stereocenters. The average molecular weight is 425 g/mol. The monoisotopic (exact) mass is 425 g/mol. The average Bonchev–Trinajstić information content (AvgIpc) is 3.31. The summed E-state index contributed by atoms with van der Waals surface area (Å²) in [6, 6.07) is 3.89. The number of aromatic nitrogens is 2. The molecule has 156 valence electrons. The number of anilines is 1. The number of carbonyl (C=O) groups is 1. The van der Waals surface area contributed by atoms with Crippen molar-refractivity contribution in [1.82, 2.24) is 20.2 Å². The van der Waals surface area contributed by atoms with Crippen molar-refractivity contribution < 1.29 is 18.0 Å². The molecule has 29 heavy (non-hydrogen) atoms. The molecule has 1 saturated carbocycles. The zero-order valence-electron chi connectivity index (χ0n) is 16.2. The maximum atomic E-state index is 12.7. The molecule has 6 nitrogen and oxygen atoms in total. The molecule has 1 spiro atoms. The van der Waals surface area contributed by atoms with Crippen molar-refractivity contribution in [3.63, 3.8) is 0 Å². The van der Waals surface area contributed by atoms with Crippen molar-refractivity contribution in [3.05, 3.63) is 40.6 Å². The quantitative estimate of drug-likeness (QED) is 0.811. The van der Waals surface area contributed by atoms with Crippen LogP contribution in [0.15, 0.2) is 29.9 Å². The summed E-state index contributed by atoms with van der Waals surface area (Å²) in [5, 5.41) is 5.16. The Bertz CT molecular complexity index is 874. The van der Waals surface area contributed by atoms with Crippen molar-refractivity contribution in [2.75, 3.05) is 25.5 Å². The maximum absolute atomic E-state index is 12.7. The Labute approximate surface area is 170 Å². The molecule has 4 rings (SSSR count). The number of urea groups is 1. The molecule has 10 heteroatoms. The van der Waals surface area contributed by atoms with Gasteiger partial charge in [0.1, 0.15) is 0 Å². The van der Waals surface area contributed by atoms with Gasteiger partial charge in [0.15, 0.2) is 0 Å². The molecular formula is C19H22F3N5OS. The van der Waals surface area contributed by atoms with Gasteiger partial charge in [0.2, 0.25) is 5.82 Å². The highest BCUT2D eigenvalue weighted by Gasteiger charge is 2.50. The lowest BCUT2D eigenvalue weighted by Crippen LogP contribution is -2.53.